The average Bonchev–Trinajstić information content (AvgIpc) is 2.55. The molecule has 1 rings (SSSR count). The first kappa shape index (κ1) is 16.9. The minimum atomic E-state index is 0.348. The Bertz CT molecular complexity index is 221. The summed E-state index contributed by atoms with van der Waals surface area (Å²) >= 11 is 0. The van der Waals surface area contributed by atoms with Crippen LogP contribution < -0.4 is 5.32 Å². The van der Waals surface area contributed by atoms with Crippen molar-refractivity contribution in [1.29, 1.82) is 0 Å². The lowest BCUT2D eigenvalue weighted by atomic mass is 9.94. The maximum absolute atomic E-state index is 5.64. The predicted molar refractivity (Wildman–Crippen MR) is 82.6 cm³/mol. The molecule has 0 bridgehead atoms. The van der Waals surface area contributed by atoms with Gasteiger partial charge in [-0.25, -0.2) is 0 Å². The Labute approximate surface area is 120 Å². The van der Waals surface area contributed by atoms with Crippen LogP contribution in [0.2, 0.25) is 0 Å². The molecular formula is C16H34N2O. The summed E-state index contributed by atoms with van der Waals surface area (Å²) in [7, 11) is 2.23. The maximum Gasteiger partial charge on any atom is 0.0596 e. The first-order chi connectivity index (χ1) is 9.13. The summed E-state index contributed by atoms with van der Waals surface area (Å²) in [5.74, 6) is 0.812. The SMILES string of the molecule is CCNC1CCCCCC1CN(C)CCOC(C)C. The van der Waals surface area contributed by atoms with Gasteiger partial charge in [0.2, 0.25) is 0 Å². The number of ether oxygens (including phenoxy) is 1. The van der Waals surface area contributed by atoms with E-state index in [-0.39, 0.29) is 0 Å². The summed E-state index contributed by atoms with van der Waals surface area (Å²) in [5.41, 5.74) is 0. The molecule has 3 heteroatoms. The molecule has 1 aliphatic rings. The van der Waals surface area contributed by atoms with Gasteiger partial charge in [-0.15, -0.1) is 0 Å². The van der Waals surface area contributed by atoms with Crippen molar-refractivity contribution < 1.29 is 4.74 Å². The molecule has 1 fully saturated rings. The zero-order valence-electron chi connectivity index (χ0n) is 13.5. The van der Waals surface area contributed by atoms with E-state index in [9.17, 15) is 0 Å². The lowest BCUT2D eigenvalue weighted by Crippen LogP contribution is -2.41. The van der Waals surface area contributed by atoms with Crippen molar-refractivity contribution in [2.75, 3.05) is 33.3 Å². The largest absolute Gasteiger partial charge is 0.377 e. The van der Waals surface area contributed by atoms with E-state index in [1.54, 1.807) is 0 Å². The van der Waals surface area contributed by atoms with Crippen molar-refractivity contribution in [3.63, 3.8) is 0 Å². The van der Waals surface area contributed by atoms with E-state index in [0.717, 1.165) is 31.7 Å². The van der Waals surface area contributed by atoms with Crippen molar-refractivity contribution in [2.45, 2.75) is 65.0 Å². The van der Waals surface area contributed by atoms with E-state index >= 15 is 0 Å². The van der Waals surface area contributed by atoms with Gasteiger partial charge in [0.05, 0.1) is 12.7 Å². The third kappa shape index (κ3) is 7.28. The Morgan fingerprint density at radius 2 is 1.95 bits per heavy atom. The van der Waals surface area contributed by atoms with Crippen LogP contribution in [0.1, 0.15) is 52.9 Å². The van der Waals surface area contributed by atoms with E-state index in [4.69, 9.17) is 4.74 Å². The highest BCUT2D eigenvalue weighted by molar-refractivity contribution is 4.81. The van der Waals surface area contributed by atoms with Crippen LogP contribution in [-0.4, -0.2) is 50.3 Å². The standard InChI is InChI=1S/C16H34N2O/c1-5-17-16-10-8-6-7-9-15(16)13-18(4)11-12-19-14(2)3/h14-17H,5-13H2,1-4H3. The molecule has 2 unspecified atom stereocenters. The molecule has 0 aliphatic heterocycles. The van der Waals surface area contributed by atoms with Gasteiger partial charge in [0.25, 0.3) is 0 Å². The van der Waals surface area contributed by atoms with Gasteiger partial charge in [-0.05, 0) is 46.2 Å². The second-order valence-electron chi connectivity index (χ2n) is 6.24. The molecular weight excluding hydrogens is 236 g/mol. The minimum Gasteiger partial charge on any atom is -0.377 e. The zero-order valence-corrected chi connectivity index (χ0v) is 13.5. The zero-order chi connectivity index (χ0) is 14.1. The molecule has 1 saturated carbocycles. The molecule has 1 N–H and O–H groups in total. The molecule has 0 spiro atoms. The van der Waals surface area contributed by atoms with Crippen molar-refractivity contribution in [3.8, 4) is 0 Å². The van der Waals surface area contributed by atoms with Crippen LogP contribution in [0.25, 0.3) is 0 Å². The molecule has 0 aromatic carbocycles. The van der Waals surface area contributed by atoms with Gasteiger partial charge < -0.3 is 15.0 Å². The molecule has 0 aromatic heterocycles. The summed E-state index contributed by atoms with van der Waals surface area (Å²) in [6.45, 7) is 10.6. The fourth-order valence-corrected chi connectivity index (χ4v) is 3.07. The minimum absolute atomic E-state index is 0.348. The Morgan fingerprint density at radius 1 is 1.21 bits per heavy atom. The molecule has 0 radical (unpaired) electrons. The fraction of sp³-hybridized carbons (Fsp3) is 1.00. The Kier molecular flexibility index (Phi) is 8.67. The monoisotopic (exact) mass is 270 g/mol. The highest BCUT2D eigenvalue weighted by atomic mass is 16.5. The second kappa shape index (κ2) is 9.73. The predicted octanol–water partition coefficient (Wildman–Crippen LogP) is 2.90. The Morgan fingerprint density at radius 3 is 2.63 bits per heavy atom. The summed E-state index contributed by atoms with van der Waals surface area (Å²) in [5, 5.41) is 3.70. The van der Waals surface area contributed by atoms with Crippen LogP contribution in [-0.2, 0) is 4.74 Å². The van der Waals surface area contributed by atoms with Gasteiger partial charge >= 0.3 is 0 Å². The molecule has 1 aliphatic carbocycles. The molecule has 0 saturated heterocycles. The molecule has 3 nitrogen and oxygen atoms in total. The van der Waals surface area contributed by atoms with Crippen molar-refractivity contribution in [1.82, 2.24) is 10.2 Å². The number of nitrogens with one attached hydrogen (secondary N) is 1. The number of hydrogen-bond donors (Lipinski definition) is 1. The summed E-state index contributed by atoms with van der Waals surface area (Å²) in [6.07, 6.45) is 7.30. The van der Waals surface area contributed by atoms with Crippen molar-refractivity contribution in [3.05, 3.63) is 0 Å². The van der Waals surface area contributed by atoms with Crippen LogP contribution in [0.15, 0.2) is 0 Å². The molecule has 2 atom stereocenters. The normalized spacial score (nSPS) is 24.9. The van der Waals surface area contributed by atoms with Gasteiger partial charge in [-0.1, -0.05) is 26.2 Å². The molecule has 0 aromatic rings. The Hall–Kier alpha value is -0.120. The molecule has 0 amide bonds. The van der Waals surface area contributed by atoms with Gasteiger partial charge in [-0.3, -0.25) is 0 Å². The number of likely N-dealkylation sites (N-methyl/N-ethyl adjacent to an activating group) is 1. The lowest BCUT2D eigenvalue weighted by molar-refractivity contribution is 0.0596. The number of hydrogen-bond acceptors (Lipinski definition) is 3. The highest BCUT2D eigenvalue weighted by Gasteiger charge is 2.23. The van der Waals surface area contributed by atoms with E-state index in [1.165, 1.54) is 38.6 Å². The van der Waals surface area contributed by atoms with Crippen molar-refractivity contribution in [2.24, 2.45) is 5.92 Å². The average molecular weight is 270 g/mol. The summed E-state index contributed by atoms with van der Waals surface area (Å²) in [6, 6.07) is 0.723. The Balaban J connectivity index is 2.33. The van der Waals surface area contributed by atoms with Gasteiger partial charge in [-0.2, -0.15) is 0 Å². The third-order valence-electron chi connectivity index (χ3n) is 4.10. The van der Waals surface area contributed by atoms with E-state index in [0.29, 0.717) is 6.10 Å². The smallest absolute Gasteiger partial charge is 0.0596 e. The first-order valence-electron chi connectivity index (χ1n) is 8.17. The molecule has 114 valence electrons. The van der Waals surface area contributed by atoms with Crippen LogP contribution >= 0.6 is 0 Å². The van der Waals surface area contributed by atoms with Crippen LogP contribution in [0.4, 0.5) is 0 Å². The van der Waals surface area contributed by atoms with Gasteiger partial charge in [0.1, 0.15) is 0 Å². The first-order valence-corrected chi connectivity index (χ1v) is 8.17. The van der Waals surface area contributed by atoms with E-state index in [2.05, 4.69) is 38.0 Å². The lowest BCUT2D eigenvalue weighted by Gasteiger charge is -2.30. The highest BCUT2D eigenvalue weighted by Crippen LogP contribution is 2.24. The van der Waals surface area contributed by atoms with Crippen molar-refractivity contribution >= 4 is 0 Å². The number of nitrogens with zero attached hydrogens (tertiary/aromatic N) is 1. The van der Waals surface area contributed by atoms with E-state index < -0.39 is 0 Å². The van der Waals surface area contributed by atoms with Gasteiger partial charge in [0.15, 0.2) is 0 Å². The molecule has 19 heavy (non-hydrogen) atoms. The fourth-order valence-electron chi connectivity index (χ4n) is 3.07. The maximum atomic E-state index is 5.64. The van der Waals surface area contributed by atoms with Gasteiger partial charge in [0, 0.05) is 19.1 Å². The van der Waals surface area contributed by atoms with E-state index in [1.807, 2.05) is 0 Å². The second-order valence-corrected chi connectivity index (χ2v) is 6.24. The van der Waals surface area contributed by atoms with Crippen LogP contribution in [0.5, 0.6) is 0 Å². The summed E-state index contributed by atoms with van der Waals surface area (Å²) in [4.78, 5) is 2.45. The summed E-state index contributed by atoms with van der Waals surface area (Å²) < 4.78 is 5.64. The number of rotatable bonds is 8. The topological polar surface area (TPSA) is 24.5 Å². The third-order valence-corrected chi connectivity index (χ3v) is 4.10. The quantitative estimate of drug-likeness (QED) is 0.686. The molecule has 0 heterocycles. The van der Waals surface area contributed by atoms with Crippen LogP contribution in [0, 0.1) is 5.92 Å². The van der Waals surface area contributed by atoms with Crippen LogP contribution in [0.3, 0.4) is 0 Å².